The lowest BCUT2D eigenvalue weighted by molar-refractivity contribution is -0.146. The molecule has 0 saturated heterocycles. The number of halogens is 3. The number of carbonyl (C=O) groups is 3. The van der Waals surface area contributed by atoms with Crippen LogP contribution in [0.3, 0.4) is 0 Å². The van der Waals surface area contributed by atoms with E-state index in [1.165, 1.54) is 24.3 Å². The molecular weight excluding hydrogens is 365 g/mol. The van der Waals surface area contributed by atoms with Gasteiger partial charge in [-0.2, -0.15) is 13.2 Å². The molecule has 0 aromatic heterocycles. The van der Waals surface area contributed by atoms with Crippen LogP contribution in [0.15, 0.2) is 36.4 Å². The van der Waals surface area contributed by atoms with Crippen molar-refractivity contribution in [3.63, 3.8) is 0 Å². The molecule has 0 heterocycles. The summed E-state index contributed by atoms with van der Waals surface area (Å²) < 4.78 is 36.6. The number of hydrogen-bond donors (Lipinski definition) is 3. The number of fused-ring (bicyclic) bond motifs is 2. The maximum Gasteiger partial charge on any atom is 0.405 e. The number of amides is 2. The van der Waals surface area contributed by atoms with Crippen LogP contribution in [0, 0.1) is 23.7 Å². The predicted octanol–water partition coefficient (Wildman–Crippen LogP) is 2.44. The van der Waals surface area contributed by atoms with Crippen LogP contribution < -0.4 is 10.6 Å². The van der Waals surface area contributed by atoms with Gasteiger partial charge in [-0.25, -0.2) is 0 Å². The zero-order valence-electron chi connectivity index (χ0n) is 14.0. The van der Waals surface area contributed by atoms with E-state index in [4.69, 9.17) is 0 Å². The van der Waals surface area contributed by atoms with Crippen LogP contribution in [-0.4, -0.2) is 35.6 Å². The Morgan fingerprint density at radius 1 is 1.11 bits per heavy atom. The lowest BCUT2D eigenvalue weighted by Gasteiger charge is -2.24. The van der Waals surface area contributed by atoms with Crippen LogP contribution in [0.5, 0.6) is 0 Å². The topological polar surface area (TPSA) is 95.5 Å². The van der Waals surface area contributed by atoms with Crippen LogP contribution in [0.25, 0.3) is 0 Å². The first-order valence-corrected chi connectivity index (χ1v) is 8.33. The van der Waals surface area contributed by atoms with Gasteiger partial charge in [0.15, 0.2) is 0 Å². The van der Waals surface area contributed by atoms with Crippen molar-refractivity contribution in [1.29, 1.82) is 0 Å². The molecule has 3 rings (SSSR count). The molecule has 2 amide bonds. The first-order chi connectivity index (χ1) is 12.7. The van der Waals surface area contributed by atoms with Gasteiger partial charge in [-0.1, -0.05) is 18.2 Å². The lowest BCUT2D eigenvalue weighted by Crippen LogP contribution is -2.36. The molecule has 9 heteroatoms. The minimum atomic E-state index is -4.53. The number of alkyl halides is 3. The Morgan fingerprint density at radius 3 is 2.41 bits per heavy atom. The van der Waals surface area contributed by atoms with Crippen molar-refractivity contribution in [2.24, 2.45) is 23.7 Å². The second kappa shape index (κ2) is 7.05. The molecule has 0 spiro atoms. The average molecular weight is 382 g/mol. The minimum Gasteiger partial charge on any atom is -0.481 e. The highest BCUT2D eigenvalue weighted by Crippen LogP contribution is 2.48. The Hall–Kier alpha value is -2.84. The third-order valence-electron chi connectivity index (χ3n) is 4.89. The van der Waals surface area contributed by atoms with E-state index in [1.54, 1.807) is 5.32 Å². The SMILES string of the molecule is O=C(NCC(F)(F)F)c1cccc(NC(=O)[C@@H]2[C@@H](C(=O)O)[C@H]3C=C[C@H]2C3)c1. The monoisotopic (exact) mass is 382 g/mol. The summed E-state index contributed by atoms with van der Waals surface area (Å²) in [5.41, 5.74) is 0.176. The maximum absolute atomic E-state index is 12.6. The van der Waals surface area contributed by atoms with Crippen molar-refractivity contribution in [3.8, 4) is 0 Å². The van der Waals surface area contributed by atoms with E-state index in [0.717, 1.165) is 0 Å². The third-order valence-corrected chi connectivity index (χ3v) is 4.89. The molecule has 2 bridgehead atoms. The average Bonchev–Trinajstić information content (AvgIpc) is 3.20. The highest BCUT2D eigenvalue weighted by molar-refractivity contribution is 5.99. The van der Waals surface area contributed by atoms with E-state index < -0.39 is 42.3 Å². The molecule has 27 heavy (non-hydrogen) atoms. The van der Waals surface area contributed by atoms with Gasteiger partial charge in [0.2, 0.25) is 5.91 Å². The van der Waals surface area contributed by atoms with Gasteiger partial charge < -0.3 is 15.7 Å². The summed E-state index contributed by atoms with van der Waals surface area (Å²) in [5.74, 6) is -4.30. The smallest absolute Gasteiger partial charge is 0.405 e. The van der Waals surface area contributed by atoms with Crippen LogP contribution >= 0.6 is 0 Å². The molecule has 1 saturated carbocycles. The van der Waals surface area contributed by atoms with Crippen LogP contribution in [0.2, 0.25) is 0 Å². The number of carboxylic acid groups (broad SMARTS) is 1. The fraction of sp³-hybridized carbons (Fsp3) is 0.389. The number of carboxylic acids is 1. The Labute approximate surface area is 152 Å². The minimum absolute atomic E-state index is 0.0420. The molecule has 6 nitrogen and oxygen atoms in total. The van der Waals surface area contributed by atoms with Gasteiger partial charge in [-0.05, 0) is 36.5 Å². The summed E-state index contributed by atoms with van der Waals surface area (Å²) >= 11 is 0. The van der Waals surface area contributed by atoms with E-state index >= 15 is 0 Å². The van der Waals surface area contributed by atoms with Gasteiger partial charge in [0.05, 0.1) is 11.8 Å². The molecule has 2 aliphatic rings. The van der Waals surface area contributed by atoms with Crippen molar-refractivity contribution >= 4 is 23.5 Å². The number of allylic oxidation sites excluding steroid dienone is 2. The van der Waals surface area contributed by atoms with Crippen LogP contribution in [0.1, 0.15) is 16.8 Å². The molecule has 144 valence electrons. The fourth-order valence-corrected chi connectivity index (χ4v) is 3.76. The third kappa shape index (κ3) is 4.12. The van der Waals surface area contributed by atoms with Crippen molar-refractivity contribution < 1.29 is 32.7 Å². The number of carbonyl (C=O) groups excluding carboxylic acids is 2. The number of nitrogens with one attached hydrogen (secondary N) is 2. The molecule has 1 fully saturated rings. The summed E-state index contributed by atoms with van der Waals surface area (Å²) in [6.45, 7) is -1.46. The summed E-state index contributed by atoms with van der Waals surface area (Å²) in [6, 6.07) is 5.48. The largest absolute Gasteiger partial charge is 0.481 e. The summed E-state index contributed by atoms with van der Waals surface area (Å²) in [5, 5.41) is 13.7. The molecule has 2 aliphatic carbocycles. The lowest BCUT2D eigenvalue weighted by atomic mass is 9.82. The zero-order chi connectivity index (χ0) is 19.8. The number of benzene rings is 1. The molecule has 0 radical (unpaired) electrons. The number of anilines is 1. The van der Waals surface area contributed by atoms with Crippen molar-refractivity contribution in [3.05, 3.63) is 42.0 Å². The van der Waals surface area contributed by atoms with E-state index in [9.17, 15) is 32.7 Å². The normalized spacial score (nSPS) is 26.0. The Morgan fingerprint density at radius 2 is 1.78 bits per heavy atom. The van der Waals surface area contributed by atoms with Gasteiger partial charge in [-0.15, -0.1) is 0 Å². The first kappa shape index (κ1) is 18.9. The predicted molar refractivity (Wildman–Crippen MR) is 88.8 cm³/mol. The molecule has 3 N–H and O–H groups in total. The van der Waals surface area contributed by atoms with Gasteiger partial charge in [-0.3, -0.25) is 14.4 Å². The van der Waals surface area contributed by atoms with Crippen molar-refractivity contribution in [1.82, 2.24) is 5.32 Å². The standard InChI is InChI=1S/C18H17F3N2O4/c19-18(20,21)8-22-15(24)11-2-1-3-12(7-11)23-16(25)13-9-4-5-10(6-9)14(13)17(26)27/h1-5,7,9-10,13-14H,6,8H2,(H,22,24)(H,23,25)(H,26,27)/t9-,10-,13-,14-/m0/s1. The van der Waals surface area contributed by atoms with Gasteiger partial charge >= 0.3 is 12.1 Å². The van der Waals surface area contributed by atoms with E-state index in [2.05, 4.69) is 5.32 Å². The van der Waals surface area contributed by atoms with Crippen LogP contribution in [-0.2, 0) is 9.59 Å². The summed E-state index contributed by atoms with van der Waals surface area (Å²) in [7, 11) is 0. The molecule has 4 atom stereocenters. The van der Waals surface area contributed by atoms with E-state index in [-0.39, 0.29) is 23.1 Å². The molecule has 0 aliphatic heterocycles. The number of rotatable bonds is 5. The van der Waals surface area contributed by atoms with Gasteiger partial charge in [0.25, 0.3) is 5.91 Å². The van der Waals surface area contributed by atoms with Gasteiger partial charge in [0, 0.05) is 11.3 Å². The maximum atomic E-state index is 12.6. The highest BCUT2D eigenvalue weighted by atomic mass is 19.4. The summed E-state index contributed by atoms with van der Waals surface area (Å²) in [4.78, 5) is 35.9. The van der Waals surface area contributed by atoms with Crippen LogP contribution in [0.4, 0.5) is 18.9 Å². The molecule has 0 unspecified atom stereocenters. The van der Waals surface area contributed by atoms with Crippen molar-refractivity contribution in [2.45, 2.75) is 12.6 Å². The first-order valence-electron chi connectivity index (χ1n) is 8.33. The highest BCUT2D eigenvalue weighted by Gasteiger charge is 2.51. The van der Waals surface area contributed by atoms with Crippen molar-refractivity contribution in [2.75, 3.05) is 11.9 Å². The molecule has 1 aromatic rings. The van der Waals surface area contributed by atoms with E-state index in [0.29, 0.717) is 6.42 Å². The zero-order valence-corrected chi connectivity index (χ0v) is 14.0. The molecular formula is C18H17F3N2O4. The number of hydrogen-bond acceptors (Lipinski definition) is 3. The Kier molecular flexibility index (Phi) is 4.95. The Balaban J connectivity index is 1.69. The van der Waals surface area contributed by atoms with E-state index in [1.807, 2.05) is 12.2 Å². The second-order valence-electron chi connectivity index (χ2n) is 6.71. The fourth-order valence-electron chi connectivity index (χ4n) is 3.76. The Bertz CT molecular complexity index is 806. The quantitative estimate of drug-likeness (QED) is 0.682. The summed E-state index contributed by atoms with van der Waals surface area (Å²) in [6.07, 6.45) is -0.258. The second-order valence-corrected chi connectivity index (χ2v) is 6.71. The number of aliphatic carboxylic acids is 1. The van der Waals surface area contributed by atoms with Gasteiger partial charge in [0.1, 0.15) is 6.54 Å². The molecule has 1 aromatic carbocycles.